The number of benzene rings is 8. The van der Waals surface area contributed by atoms with Crippen molar-refractivity contribution in [3.63, 3.8) is 0 Å². The van der Waals surface area contributed by atoms with Crippen molar-refractivity contribution in [1.82, 2.24) is 4.98 Å². The van der Waals surface area contributed by atoms with Crippen molar-refractivity contribution < 1.29 is 0 Å². The predicted octanol–water partition coefficient (Wildman–Crippen LogP) is 14.4. The van der Waals surface area contributed by atoms with Crippen LogP contribution >= 0.6 is 22.7 Å². The molecular formula is C47H28N2S2. The Morgan fingerprint density at radius 1 is 0.373 bits per heavy atom. The number of fused-ring (bicyclic) bond motifs is 11. The number of thiophene rings is 2. The van der Waals surface area contributed by atoms with Crippen LogP contribution in [0.1, 0.15) is 0 Å². The van der Waals surface area contributed by atoms with Gasteiger partial charge in [0.05, 0.1) is 5.52 Å². The summed E-state index contributed by atoms with van der Waals surface area (Å²) in [6, 6.07) is 60.1. The summed E-state index contributed by atoms with van der Waals surface area (Å²) in [6.45, 7) is 0. The van der Waals surface area contributed by atoms with Crippen LogP contribution in [-0.2, 0) is 0 Å². The maximum Gasteiger partial charge on any atom is 0.0708 e. The molecule has 0 aliphatic carbocycles. The molecule has 11 aromatic rings. The van der Waals surface area contributed by atoms with Gasteiger partial charge in [0.1, 0.15) is 0 Å². The van der Waals surface area contributed by atoms with Gasteiger partial charge >= 0.3 is 0 Å². The standard InChI is InChI=1S/C47H28N2S2/c1-3-9-37-30(6-1)15-23-42-46(37)39-21-19-35(27-44(39)50-42)49(34-17-13-29(14-18-34)33-12-11-32-8-5-25-48-41(32)26-33)36-20-22-40-45(28-36)51-43-24-16-31-7-2-4-10-38(31)47(40)43/h1-28H. The second kappa shape index (κ2) is 11.2. The minimum Gasteiger partial charge on any atom is -0.310 e. The zero-order valence-electron chi connectivity index (χ0n) is 27.4. The highest BCUT2D eigenvalue weighted by Crippen LogP contribution is 2.45. The highest BCUT2D eigenvalue weighted by Gasteiger charge is 2.18. The SMILES string of the molecule is c1cnc2cc(-c3ccc(N(c4ccc5c(c4)sc4ccc6ccccc6c45)c4ccc5c(c4)sc4ccc6ccccc6c45)cc3)ccc2c1. The molecule has 0 bridgehead atoms. The Morgan fingerprint density at radius 3 is 1.53 bits per heavy atom. The molecule has 0 atom stereocenters. The van der Waals surface area contributed by atoms with E-state index in [0.29, 0.717) is 0 Å². The Balaban J connectivity index is 1.09. The van der Waals surface area contributed by atoms with Gasteiger partial charge in [-0.25, -0.2) is 0 Å². The lowest BCUT2D eigenvalue weighted by atomic mass is 10.0. The van der Waals surface area contributed by atoms with Crippen LogP contribution in [0.2, 0.25) is 0 Å². The molecule has 51 heavy (non-hydrogen) atoms. The lowest BCUT2D eigenvalue weighted by Gasteiger charge is -2.26. The first-order chi connectivity index (χ1) is 25.2. The number of rotatable bonds is 4. The minimum absolute atomic E-state index is 1.01. The Labute approximate surface area is 302 Å². The van der Waals surface area contributed by atoms with Crippen LogP contribution in [0.25, 0.3) is 83.9 Å². The van der Waals surface area contributed by atoms with E-state index in [1.54, 1.807) is 0 Å². The summed E-state index contributed by atoms with van der Waals surface area (Å²) in [4.78, 5) is 7.01. The van der Waals surface area contributed by atoms with Gasteiger partial charge in [0.15, 0.2) is 0 Å². The van der Waals surface area contributed by atoms with Gasteiger partial charge in [0, 0.05) is 69.0 Å². The van der Waals surface area contributed by atoms with Gasteiger partial charge < -0.3 is 4.90 Å². The largest absolute Gasteiger partial charge is 0.310 e. The molecule has 0 saturated carbocycles. The van der Waals surface area contributed by atoms with E-state index >= 15 is 0 Å². The lowest BCUT2D eigenvalue weighted by Crippen LogP contribution is -2.09. The van der Waals surface area contributed by atoms with Gasteiger partial charge in [-0.3, -0.25) is 4.98 Å². The van der Waals surface area contributed by atoms with Gasteiger partial charge in [-0.05, 0) is 93.3 Å². The topological polar surface area (TPSA) is 16.1 Å². The third-order valence-electron chi connectivity index (χ3n) is 10.3. The van der Waals surface area contributed by atoms with Crippen LogP contribution < -0.4 is 4.90 Å². The van der Waals surface area contributed by atoms with E-state index in [1.807, 2.05) is 34.9 Å². The fraction of sp³-hybridized carbons (Fsp3) is 0. The average molecular weight is 685 g/mol. The monoisotopic (exact) mass is 684 g/mol. The Bertz CT molecular complexity index is 3000. The molecule has 4 heteroatoms. The third kappa shape index (κ3) is 4.58. The number of anilines is 3. The Hall–Kier alpha value is -6.07. The van der Waals surface area contributed by atoms with E-state index in [1.165, 1.54) is 67.5 Å². The lowest BCUT2D eigenvalue weighted by molar-refractivity contribution is 1.30. The van der Waals surface area contributed by atoms with E-state index in [9.17, 15) is 0 Å². The first-order valence-electron chi connectivity index (χ1n) is 17.2. The fourth-order valence-corrected chi connectivity index (χ4v) is 10.2. The second-order valence-corrected chi connectivity index (χ2v) is 15.3. The molecule has 0 fully saturated rings. The van der Waals surface area contributed by atoms with E-state index in [0.717, 1.165) is 33.5 Å². The van der Waals surface area contributed by atoms with E-state index in [4.69, 9.17) is 0 Å². The molecule has 0 N–H and O–H groups in total. The Kier molecular flexibility index (Phi) is 6.32. The summed E-state index contributed by atoms with van der Waals surface area (Å²) in [7, 11) is 0. The first-order valence-corrected chi connectivity index (χ1v) is 18.8. The number of hydrogen-bond donors (Lipinski definition) is 0. The van der Waals surface area contributed by atoms with Gasteiger partial charge in [-0.2, -0.15) is 0 Å². The highest BCUT2D eigenvalue weighted by molar-refractivity contribution is 7.26. The van der Waals surface area contributed by atoms with E-state index < -0.39 is 0 Å². The van der Waals surface area contributed by atoms with E-state index in [2.05, 4.69) is 168 Å². The number of aromatic nitrogens is 1. The predicted molar refractivity (Wildman–Crippen MR) is 223 cm³/mol. The first kappa shape index (κ1) is 28.7. The molecule has 2 nitrogen and oxygen atoms in total. The number of nitrogens with zero attached hydrogens (tertiary/aromatic N) is 2. The third-order valence-corrected chi connectivity index (χ3v) is 12.5. The van der Waals surface area contributed by atoms with Crippen LogP contribution in [0.15, 0.2) is 170 Å². The maximum atomic E-state index is 4.60. The van der Waals surface area contributed by atoms with Crippen molar-refractivity contribution in [2.75, 3.05) is 4.90 Å². The molecule has 11 rings (SSSR count). The van der Waals surface area contributed by atoms with Crippen molar-refractivity contribution in [3.8, 4) is 11.1 Å². The van der Waals surface area contributed by atoms with Crippen molar-refractivity contribution in [3.05, 3.63) is 170 Å². The summed E-state index contributed by atoms with van der Waals surface area (Å²) in [5.41, 5.74) is 6.75. The molecule has 3 heterocycles. The normalized spacial score (nSPS) is 11.9. The van der Waals surface area contributed by atoms with E-state index in [-0.39, 0.29) is 0 Å². The molecule has 0 aliphatic rings. The van der Waals surface area contributed by atoms with Gasteiger partial charge in [0.2, 0.25) is 0 Å². The van der Waals surface area contributed by atoms with Crippen molar-refractivity contribution in [2.24, 2.45) is 0 Å². The second-order valence-electron chi connectivity index (χ2n) is 13.2. The summed E-state index contributed by atoms with van der Waals surface area (Å²) in [6.07, 6.45) is 1.86. The van der Waals surface area contributed by atoms with Crippen LogP contribution in [-0.4, -0.2) is 4.98 Å². The zero-order valence-corrected chi connectivity index (χ0v) is 29.0. The average Bonchev–Trinajstić information content (AvgIpc) is 3.76. The molecule has 0 radical (unpaired) electrons. The molecule has 8 aromatic carbocycles. The van der Waals surface area contributed by atoms with Gasteiger partial charge in [0.25, 0.3) is 0 Å². The van der Waals surface area contributed by atoms with Crippen LogP contribution in [0.4, 0.5) is 17.1 Å². The number of pyridine rings is 1. The molecule has 0 spiro atoms. The summed E-state index contributed by atoms with van der Waals surface area (Å²) < 4.78 is 5.22. The molecule has 0 unspecified atom stereocenters. The number of hydrogen-bond acceptors (Lipinski definition) is 4. The molecule has 0 aliphatic heterocycles. The summed E-state index contributed by atoms with van der Waals surface area (Å²) >= 11 is 3.75. The summed E-state index contributed by atoms with van der Waals surface area (Å²) in [5.74, 6) is 0. The molecule has 238 valence electrons. The summed E-state index contributed by atoms with van der Waals surface area (Å²) in [5, 5.41) is 11.6. The molecule has 0 saturated heterocycles. The molecular weight excluding hydrogens is 657 g/mol. The Morgan fingerprint density at radius 2 is 0.902 bits per heavy atom. The van der Waals surface area contributed by atoms with Gasteiger partial charge in [-0.15, -0.1) is 22.7 Å². The minimum atomic E-state index is 1.01. The molecule has 3 aromatic heterocycles. The quantitative estimate of drug-likeness (QED) is 0.183. The van der Waals surface area contributed by atoms with Crippen molar-refractivity contribution in [2.45, 2.75) is 0 Å². The van der Waals surface area contributed by atoms with Crippen LogP contribution in [0, 0.1) is 0 Å². The van der Waals surface area contributed by atoms with Crippen molar-refractivity contribution >= 4 is 113 Å². The van der Waals surface area contributed by atoms with Crippen LogP contribution in [0.5, 0.6) is 0 Å². The van der Waals surface area contributed by atoms with Crippen LogP contribution in [0.3, 0.4) is 0 Å². The fourth-order valence-electron chi connectivity index (χ4n) is 7.84. The zero-order chi connectivity index (χ0) is 33.5. The molecule has 0 amide bonds. The highest BCUT2D eigenvalue weighted by atomic mass is 32.1. The maximum absolute atomic E-state index is 4.60. The van der Waals surface area contributed by atoms with Gasteiger partial charge in [-0.1, -0.05) is 103 Å². The van der Waals surface area contributed by atoms with Crippen molar-refractivity contribution in [1.29, 1.82) is 0 Å². The smallest absolute Gasteiger partial charge is 0.0708 e.